The number of piperazine rings is 1. The molecule has 4 heteroatoms. The van der Waals surface area contributed by atoms with Gasteiger partial charge in [-0.3, -0.25) is 9.69 Å². The minimum absolute atomic E-state index is 0.107. The smallest absolute Gasteiger partial charge is 0.236 e. The Balaban J connectivity index is 1.94. The van der Waals surface area contributed by atoms with Crippen molar-refractivity contribution in [2.75, 3.05) is 19.6 Å². The van der Waals surface area contributed by atoms with Crippen molar-refractivity contribution in [2.24, 2.45) is 17.1 Å². The molecule has 2 rings (SSSR count). The first-order chi connectivity index (χ1) is 9.45. The van der Waals surface area contributed by atoms with Gasteiger partial charge in [-0.1, -0.05) is 27.2 Å². The van der Waals surface area contributed by atoms with Crippen LogP contribution in [0, 0.1) is 11.3 Å². The molecule has 0 aromatic heterocycles. The van der Waals surface area contributed by atoms with E-state index in [0.29, 0.717) is 11.5 Å². The van der Waals surface area contributed by atoms with Crippen LogP contribution in [-0.2, 0) is 4.79 Å². The summed E-state index contributed by atoms with van der Waals surface area (Å²) < 4.78 is 0. The maximum atomic E-state index is 11.6. The van der Waals surface area contributed by atoms with E-state index in [2.05, 4.69) is 31.0 Å². The zero-order valence-electron chi connectivity index (χ0n) is 13.3. The van der Waals surface area contributed by atoms with Crippen LogP contribution in [0.25, 0.3) is 0 Å². The molecule has 2 aliphatic rings. The largest absolute Gasteiger partial charge is 0.368 e. The molecule has 116 valence electrons. The molecule has 1 aliphatic heterocycles. The van der Waals surface area contributed by atoms with Crippen molar-refractivity contribution in [2.45, 2.75) is 65.0 Å². The van der Waals surface area contributed by atoms with Crippen LogP contribution in [0.3, 0.4) is 0 Å². The summed E-state index contributed by atoms with van der Waals surface area (Å²) in [4.78, 5) is 14.0. The number of primary amides is 1. The molecule has 1 unspecified atom stereocenters. The fourth-order valence-electron chi connectivity index (χ4n) is 3.90. The third-order valence-electron chi connectivity index (χ3n) is 5.80. The van der Waals surface area contributed by atoms with E-state index in [0.717, 1.165) is 25.6 Å². The first kappa shape index (κ1) is 15.8. The van der Waals surface area contributed by atoms with Crippen LogP contribution >= 0.6 is 0 Å². The molecule has 20 heavy (non-hydrogen) atoms. The number of nitrogens with zero attached hydrogens (tertiary/aromatic N) is 1. The summed E-state index contributed by atoms with van der Waals surface area (Å²) in [5.74, 6) is 0.659. The molecule has 1 aliphatic carbocycles. The molecule has 1 heterocycles. The molecule has 0 spiro atoms. The van der Waals surface area contributed by atoms with Crippen LogP contribution in [0.2, 0.25) is 0 Å². The van der Waals surface area contributed by atoms with Gasteiger partial charge in [-0.2, -0.15) is 0 Å². The number of nitrogens with one attached hydrogen (secondary N) is 1. The number of rotatable bonds is 4. The molecule has 3 N–H and O–H groups in total. The second kappa shape index (κ2) is 6.44. The molecule has 1 amide bonds. The molecule has 1 saturated carbocycles. The van der Waals surface area contributed by atoms with Gasteiger partial charge in [-0.05, 0) is 37.0 Å². The fourth-order valence-corrected chi connectivity index (χ4v) is 3.90. The highest BCUT2D eigenvalue weighted by molar-refractivity contribution is 5.80. The monoisotopic (exact) mass is 281 g/mol. The van der Waals surface area contributed by atoms with Gasteiger partial charge in [0.25, 0.3) is 0 Å². The van der Waals surface area contributed by atoms with Gasteiger partial charge < -0.3 is 11.1 Å². The Bertz CT molecular complexity index is 335. The van der Waals surface area contributed by atoms with Crippen LogP contribution in [0.1, 0.15) is 52.9 Å². The molecule has 0 aromatic carbocycles. The number of carbonyl (C=O) groups is 1. The lowest BCUT2D eigenvalue weighted by molar-refractivity contribution is -0.125. The van der Waals surface area contributed by atoms with Crippen molar-refractivity contribution < 1.29 is 4.79 Å². The molecule has 0 bridgehead atoms. The van der Waals surface area contributed by atoms with Crippen molar-refractivity contribution in [1.29, 1.82) is 0 Å². The highest BCUT2D eigenvalue weighted by Crippen LogP contribution is 2.41. The van der Waals surface area contributed by atoms with E-state index >= 15 is 0 Å². The number of hydrogen-bond donors (Lipinski definition) is 2. The Hall–Kier alpha value is -0.610. The Morgan fingerprint density at radius 2 is 1.95 bits per heavy atom. The second-order valence-corrected chi connectivity index (χ2v) is 7.21. The van der Waals surface area contributed by atoms with Crippen molar-refractivity contribution in [3.8, 4) is 0 Å². The third-order valence-corrected chi connectivity index (χ3v) is 5.80. The van der Waals surface area contributed by atoms with E-state index in [1.54, 1.807) is 0 Å². The summed E-state index contributed by atoms with van der Waals surface area (Å²) in [5.41, 5.74) is 6.02. The van der Waals surface area contributed by atoms with E-state index in [1.807, 2.05) is 0 Å². The van der Waals surface area contributed by atoms with Crippen molar-refractivity contribution in [3.63, 3.8) is 0 Å². The SMILES string of the molecule is CCC(C)(C)C1CCC(N2CCNCC2C(N)=O)CC1. The molecule has 1 saturated heterocycles. The number of amides is 1. The molecular weight excluding hydrogens is 250 g/mol. The summed E-state index contributed by atoms with van der Waals surface area (Å²) in [7, 11) is 0. The topological polar surface area (TPSA) is 58.4 Å². The predicted molar refractivity (Wildman–Crippen MR) is 82.4 cm³/mol. The summed E-state index contributed by atoms with van der Waals surface area (Å²) >= 11 is 0. The van der Waals surface area contributed by atoms with Gasteiger partial charge in [0.2, 0.25) is 5.91 Å². The summed E-state index contributed by atoms with van der Waals surface area (Å²) in [5, 5.41) is 3.28. The fraction of sp³-hybridized carbons (Fsp3) is 0.938. The standard InChI is InChI=1S/C16H31N3O/c1-4-16(2,3)12-5-7-13(8-6-12)19-10-9-18-11-14(19)15(17)20/h12-14,18H,4-11H2,1-3H3,(H2,17,20). The van der Waals surface area contributed by atoms with E-state index in [9.17, 15) is 4.79 Å². The zero-order chi connectivity index (χ0) is 14.8. The van der Waals surface area contributed by atoms with Gasteiger partial charge in [-0.15, -0.1) is 0 Å². The van der Waals surface area contributed by atoms with Crippen molar-refractivity contribution in [1.82, 2.24) is 10.2 Å². The average Bonchev–Trinajstić information content (AvgIpc) is 2.47. The van der Waals surface area contributed by atoms with Crippen LogP contribution in [0.4, 0.5) is 0 Å². The highest BCUT2D eigenvalue weighted by Gasteiger charge is 2.37. The van der Waals surface area contributed by atoms with E-state index in [-0.39, 0.29) is 11.9 Å². The van der Waals surface area contributed by atoms with Crippen LogP contribution in [0.15, 0.2) is 0 Å². The molecule has 2 fully saturated rings. The van der Waals surface area contributed by atoms with Crippen molar-refractivity contribution in [3.05, 3.63) is 0 Å². The Labute approximate surface area is 123 Å². The summed E-state index contributed by atoms with van der Waals surface area (Å²) in [6.07, 6.45) is 6.28. The maximum absolute atomic E-state index is 11.6. The van der Waals surface area contributed by atoms with Gasteiger partial charge in [0.05, 0.1) is 0 Å². The summed E-state index contributed by atoms with van der Waals surface area (Å²) in [6.45, 7) is 9.75. The van der Waals surface area contributed by atoms with Crippen LogP contribution in [0.5, 0.6) is 0 Å². The quantitative estimate of drug-likeness (QED) is 0.825. The van der Waals surface area contributed by atoms with Gasteiger partial charge >= 0.3 is 0 Å². The molecule has 1 atom stereocenters. The zero-order valence-corrected chi connectivity index (χ0v) is 13.3. The lowest BCUT2D eigenvalue weighted by atomic mass is 9.68. The summed E-state index contributed by atoms with van der Waals surface area (Å²) in [6, 6.07) is 0.447. The third kappa shape index (κ3) is 3.34. The number of nitrogens with two attached hydrogens (primary N) is 1. The Kier molecular flexibility index (Phi) is 5.08. The minimum Gasteiger partial charge on any atom is -0.368 e. The molecule has 4 nitrogen and oxygen atoms in total. The lowest BCUT2D eigenvalue weighted by Crippen LogP contribution is -2.60. The number of hydrogen-bond acceptors (Lipinski definition) is 3. The highest BCUT2D eigenvalue weighted by atomic mass is 16.1. The molecule has 0 aromatic rings. The van der Waals surface area contributed by atoms with Gasteiger partial charge in [-0.25, -0.2) is 0 Å². The van der Waals surface area contributed by atoms with E-state index in [1.165, 1.54) is 32.1 Å². The normalized spacial score (nSPS) is 33.0. The Morgan fingerprint density at radius 1 is 1.30 bits per heavy atom. The molecular formula is C16H31N3O. The first-order valence-electron chi connectivity index (χ1n) is 8.21. The van der Waals surface area contributed by atoms with Crippen LogP contribution in [-0.4, -0.2) is 42.5 Å². The van der Waals surface area contributed by atoms with Gasteiger partial charge in [0.15, 0.2) is 0 Å². The van der Waals surface area contributed by atoms with E-state index < -0.39 is 0 Å². The lowest BCUT2D eigenvalue weighted by Gasteiger charge is -2.45. The maximum Gasteiger partial charge on any atom is 0.236 e. The van der Waals surface area contributed by atoms with Crippen LogP contribution < -0.4 is 11.1 Å². The minimum atomic E-state index is -0.173. The number of carbonyl (C=O) groups excluding carboxylic acids is 1. The van der Waals surface area contributed by atoms with Gasteiger partial charge in [0.1, 0.15) is 6.04 Å². The molecule has 0 radical (unpaired) electrons. The van der Waals surface area contributed by atoms with Gasteiger partial charge in [0, 0.05) is 25.7 Å². The first-order valence-corrected chi connectivity index (χ1v) is 8.21. The second-order valence-electron chi connectivity index (χ2n) is 7.21. The predicted octanol–water partition coefficient (Wildman–Crippen LogP) is 1.74. The Morgan fingerprint density at radius 3 is 2.50 bits per heavy atom. The average molecular weight is 281 g/mol. The van der Waals surface area contributed by atoms with E-state index in [4.69, 9.17) is 5.73 Å². The van der Waals surface area contributed by atoms with Crippen molar-refractivity contribution >= 4 is 5.91 Å².